The van der Waals surface area contributed by atoms with Crippen molar-refractivity contribution in [2.75, 3.05) is 45.9 Å². The first-order chi connectivity index (χ1) is 11.1. The van der Waals surface area contributed by atoms with Gasteiger partial charge in [0.2, 0.25) is 5.91 Å². The molecule has 0 spiro atoms. The molecule has 2 fully saturated rings. The van der Waals surface area contributed by atoms with E-state index in [1.165, 1.54) is 5.56 Å². The predicted molar refractivity (Wildman–Crippen MR) is 105 cm³/mol. The summed E-state index contributed by atoms with van der Waals surface area (Å²) in [4.78, 5) is 17.0. The summed E-state index contributed by atoms with van der Waals surface area (Å²) in [6.45, 7) is 8.42. The second-order valence-electron chi connectivity index (χ2n) is 6.74. The van der Waals surface area contributed by atoms with Gasteiger partial charge in [0, 0.05) is 32.7 Å². The van der Waals surface area contributed by atoms with Crippen LogP contribution in [0.5, 0.6) is 0 Å². The van der Waals surface area contributed by atoms with Crippen molar-refractivity contribution in [1.29, 1.82) is 0 Å². The molecule has 7 heteroatoms. The number of carbonyl (C=O) groups is 1. The third kappa shape index (κ3) is 5.83. The number of rotatable bonds is 4. The molecular formula is C18H29Cl2N3O2. The van der Waals surface area contributed by atoms with Crippen LogP contribution in [0.3, 0.4) is 0 Å². The molecule has 2 aliphatic heterocycles. The van der Waals surface area contributed by atoms with Crippen molar-refractivity contribution in [1.82, 2.24) is 9.80 Å². The van der Waals surface area contributed by atoms with Crippen LogP contribution < -0.4 is 5.73 Å². The van der Waals surface area contributed by atoms with Crippen LogP contribution in [0.2, 0.25) is 0 Å². The molecule has 0 saturated carbocycles. The van der Waals surface area contributed by atoms with Crippen LogP contribution in [0.15, 0.2) is 24.3 Å². The molecule has 1 aromatic carbocycles. The van der Waals surface area contributed by atoms with Crippen LogP contribution in [-0.2, 0) is 9.53 Å². The highest BCUT2D eigenvalue weighted by molar-refractivity contribution is 5.85. The van der Waals surface area contributed by atoms with Gasteiger partial charge in [0.25, 0.3) is 0 Å². The quantitative estimate of drug-likeness (QED) is 0.855. The molecule has 0 aromatic heterocycles. The Morgan fingerprint density at radius 1 is 1.20 bits per heavy atom. The van der Waals surface area contributed by atoms with E-state index in [4.69, 9.17) is 10.5 Å². The third-order valence-electron chi connectivity index (χ3n) is 4.92. The second kappa shape index (κ2) is 10.3. The number of halogens is 2. The molecule has 0 aliphatic carbocycles. The van der Waals surface area contributed by atoms with Gasteiger partial charge in [-0.2, -0.15) is 0 Å². The summed E-state index contributed by atoms with van der Waals surface area (Å²) in [5, 5.41) is 0. The lowest BCUT2D eigenvalue weighted by molar-refractivity contribution is -0.131. The van der Waals surface area contributed by atoms with Gasteiger partial charge in [-0.1, -0.05) is 29.8 Å². The summed E-state index contributed by atoms with van der Waals surface area (Å²) >= 11 is 0. The van der Waals surface area contributed by atoms with Crippen LogP contribution in [0.1, 0.15) is 23.6 Å². The molecule has 1 amide bonds. The van der Waals surface area contributed by atoms with Gasteiger partial charge in [-0.3, -0.25) is 9.69 Å². The van der Waals surface area contributed by atoms with E-state index >= 15 is 0 Å². The van der Waals surface area contributed by atoms with Crippen LogP contribution >= 0.6 is 24.8 Å². The smallest absolute Gasteiger partial charge is 0.244 e. The van der Waals surface area contributed by atoms with Crippen LogP contribution in [0.25, 0.3) is 0 Å². The third-order valence-corrected chi connectivity index (χ3v) is 4.92. The van der Waals surface area contributed by atoms with E-state index in [1.807, 2.05) is 36.1 Å². The average molecular weight is 390 g/mol. The molecule has 0 radical (unpaired) electrons. The Morgan fingerprint density at radius 2 is 1.84 bits per heavy atom. The Kier molecular flexibility index (Phi) is 9.17. The fraction of sp³-hybridized carbons (Fsp3) is 0.611. The molecule has 1 aromatic rings. The van der Waals surface area contributed by atoms with Crippen molar-refractivity contribution in [3.8, 4) is 0 Å². The maximum absolute atomic E-state index is 12.6. The first-order valence-electron chi connectivity index (χ1n) is 8.54. The minimum absolute atomic E-state index is 0. The molecule has 2 heterocycles. The topological polar surface area (TPSA) is 58.8 Å². The minimum Gasteiger partial charge on any atom is -0.379 e. The van der Waals surface area contributed by atoms with Gasteiger partial charge in [-0.15, -0.1) is 24.8 Å². The second-order valence-corrected chi connectivity index (χ2v) is 6.74. The summed E-state index contributed by atoms with van der Waals surface area (Å²) in [5.74, 6) is 0.612. The number of hydrogen-bond acceptors (Lipinski definition) is 4. The monoisotopic (exact) mass is 389 g/mol. The van der Waals surface area contributed by atoms with E-state index in [9.17, 15) is 4.79 Å². The zero-order valence-electron chi connectivity index (χ0n) is 14.7. The van der Waals surface area contributed by atoms with Gasteiger partial charge < -0.3 is 15.4 Å². The molecule has 2 N–H and O–H groups in total. The van der Waals surface area contributed by atoms with Crippen molar-refractivity contribution in [3.63, 3.8) is 0 Å². The van der Waals surface area contributed by atoms with Gasteiger partial charge in [0.15, 0.2) is 0 Å². The van der Waals surface area contributed by atoms with E-state index in [2.05, 4.69) is 4.90 Å². The number of carbonyl (C=O) groups excluding carboxylic acids is 1. The molecule has 2 aliphatic rings. The van der Waals surface area contributed by atoms with E-state index < -0.39 is 6.04 Å². The first-order valence-corrected chi connectivity index (χ1v) is 8.54. The summed E-state index contributed by atoms with van der Waals surface area (Å²) in [5.41, 5.74) is 8.26. The number of likely N-dealkylation sites (tertiary alicyclic amines) is 1. The summed E-state index contributed by atoms with van der Waals surface area (Å²) in [7, 11) is 0. The van der Waals surface area contributed by atoms with Crippen molar-refractivity contribution in [3.05, 3.63) is 35.4 Å². The molecular weight excluding hydrogens is 361 g/mol. The van der Waals surface area contributed by atoms with Crippen LogP contribution in [0.4, 0.5) is 0 Å². The van der Waals surface area contributed by atoms with Crippen molar-refractivity contribution in [2.24, 2.45) is 11.7 Å². The lowest BCUT2D eigenvalue weighted by Gasteiger charge is -2.29. The van der Waals surface area contributed by atoms with E-state index in [0.29, 0.717) is 5.92 Å². The molecule has 25 heavy (non-hydrogen) atoms. The van der Waals surface area contributed by atoms with Crippen molar-refractivity contribution in [2.45, 2.75) is 19.4 Å². The van der Waals surface area contributed by atoms with Crippen molar-refractivity contribution < 1.29 is 9.53 Å². The fourth-order valence-corrected chi connectivity index (χ4v) is 3.44. The molecule has 3 rings (SSSR count). The van der Waals surface area contributed by atoms with E-state index in [0.717, 1.165) is 57.9 Å². The van der Waals surface area contributed by atoms with E-state index in [1.54, 1.807) is 0 Å². The van der Waals surface area contributed by atoms with Gasteiger partial charge in [0.05, 0.1) is 13.2 Å². The Balaban J connectivity index is 0.00000156. The standard InChI is InChI=1S/C18H27N3O2.2ClH/c1-14-2-4-16(5-3-14)17(19)18(22)21-7-6-15(13-21)12-20-8-10-23-11-9-20;;/h2-5,15,17H,6-13,19H2,1H3;2*1H. The zero-order chi connectivity index (χ0) is 16.2. The predicted octanol–water partition coefficient (Wildman–Crippen LogP) is 2.02. The first kappa shape index (κ1) is 22.2. The lowest BCUT2D eigenvalue weighted by atomic mass is 10.0. The fourth-order valence-electron chi connectivity index (χ4n) is 3.44. The molecule has 142 valence electrons. The highest BCUT2D eigenvalue weighted by atomic mass is 35.5. The largest absolute Gasteiger partial charge is 0.379 e. The number of benzene rings is 1. The summed E-state index contributed by atoms with van der Waals surface area (Å²) < 4.78 is 5.39. The summed E-state index contributed by atoms with van der Waals surface area (Å²) in [6, 6.07) is 7.39. The number of aryl methyl sites for hydroxylation is 1. The van der Waals surface area contributed by atoms with Gasteiger partial charge in [0.1, 0.15) is 6.04 Å². The lowest BCUT2D eigenvalue weighted by Crippen LogP contribution is -2.41. The normalized spacial score (nSPS) is 22.0. The molecule has 2 saturated heterocycles. The highest BCUT2D eigenvalue weighted by Gasteiger charge is 2.31. The summed E-state index contributed by atoms with van der Waals surface area (Å²) in [6.07, 6.45) is 1.07. The number of hydrogen-bond donors (Lipinski definition) is 1. The van der Waals surface area contributed by atoms with Crippen molar-refractivity contribution >= 4 is 30.7 Å². The number of ether oxygens (including phenoxy) is 1. The van der Waals surface area contributed by atoms with Gasteiger partial charge >= 0.3 is 0 Å². The van der Waals surface area contributed by atoms with Gasteiger partial charge in [-0.25, -0.2) is 0 Å². The number of morpholine rings is 1. The highest BCUT2D eigenvalue weighted by Crippen LogP contribution is 2.22. The number of nitrogens with zero attached hydrogens (tertiary/aromatic N) is 2. The Bertz CT molecular complexity index is 536. The average Bonchev–Trinajstić information content (AvgIpc) is 3.03. The molecule has 5 nitrogen and oxygen atoms in total. The van der Waals surface area contributed by atoms with Crippen LogP contribution in [-0.4, -0.2) is 61.6 Å². The number of nitrogens with two attached hydrogens (primary N) is 1. The number of amides is 1. The molecule has 2 unspecified atom stereocenters. The zero-order valence-corrected chi connectivity index (χ0v) is 16.4. The van der Waals surface area contributed by atoms with Gasteiger partial charge in [-0.05, 0) is 24.8 Å². The molecule has 0 bridgehead atoms. The maximum Gasteiger partial charge on any atom is 0.244 e. The minimum atomic E-state index is -0.544. The van der Waals surface area contributed by atoms with Crippen LogP contribution in [0, 0.1) is 12.8 Å². The SMILES string of the molecule is Cc1ccc(C(N)C(=O)N2CCC(CN3CCOCC3)C2)cc1.Cl.Cl. The Hall–Kier alpha value is -0.850. The molecule has 2 atom stereocenters. The van der Waals surface area contributed by atoms with E-state index in [-0.39, 0.29) is 30.7 Å². The maximum atomic E-state index is 12.6. The Labute approximate surface area is 162 Å². The Morgan fingerprint density at radius 3 is 2.48 bits per heavy atom.